The molecule has 0 amide bonds. The largest absolute Gasteiger partial charge is 0.379 e. The van der Waals surface area contributed by atoms with Crippen LogP contribution in [0.4, 0.5) is 5.69 Å². The molecule has 1 saturated heterocycles. The van der Waals surface area contributed by atoms with Gasteiger partial charge in [0, 0.05) is 31.2 Å². The summed E-state index contributed by atoms with van der Waals surface area (Å²) in [6.07, 6.45) is 3.44. The van der Waals surface area contributed by atoms with Crippen LogP contribution in [0, 0.1) is 6.92 Å². The lowest BCUT2D eigenvalue weighted by atomic mass is 10.2. The Morgan fingerprint density at radius 1 is 1.35 bits per heavy atom. The van der Waals surface area contributed by atoms with Gasteiger partial charge in [-0.05, 0) is 24.6 Å². The minimum Gasteiger partial charge on any atom is -0.379 e. The molecule has 0 spiro atoms. The van der Waals surface area contributed by atoms with Gasteiger partial charge in [0.05, 0.1) is 24.7 Å². The number of H-pyrrole nitrogens is 1. The van der Waals surface area contributed by atoms with E-state index in [2.05, 4.69) is 15.3 Å². The molecule has 0 unspecified atom stereocenters. The number of nitrogens with one attached hydrogen (secondary N) is 2. The topological polar surface area (TPSA) is 87.3 Å². The number of anilines is 1. The predicted molar refractivity (Wildman–Crippen MR) is 86.7 cm³/mol. The van der Waals surface area contributed by atoms with E-state index in [4.69, 9.17) is 4.74 Å². The molecule has 7 nitrogen and oxygen atoms in total. The van der Waals surface area contributed by atoms with Crippen LogP contribution in [0.15, 0.2) is 35.5 Å². The van der Waals surface area contributed by atoms with Crippen LogP contribution in [0.1, 0.15) is 11.4 Å². The van der Waals surface area contributed by atoms with Crippen LogP contribution in [-0.2, 0) is 21.3 Å². The van der Waals surface area contributed by atoms with Crippen molar-refractivity contribution in [1.29, 1.82) is 0 Å². The van der Waals surface area contributed by atoms with Gasteiger partial charge in [0.2, 0.25) is 10.0 Å². The normalized spacial score (nSPS) is 16.4. The van der Waals surface area contributed by atoms with Crippen molar-refractivity contribution in [2.45, 2.75) is 18.4 Å². The summed E-state index contributed by atoms with van der Waals surface area (Å²) in [7, 11) is -3.48. The van der Waals surface area contributed by atoms with Gasteiger partial charge in [-0.2, -0.15) is 4.31 Å². The third-order valence-corrected chi connectivity index (χ3v) is 5.71. The summed E-state index contributed by atoms with van der Waals surface area (Å²) < 4.78 is 32.1. The summed E-state index contributed by atoms with van der Waals surface area (Å²) in [6, 6.07) is 5.15. The molecule has 1 aromatic carbocycles. The molecule has 3 rings (SSSR count). The molecule has 1 aliphatic heterocycles. The lowest BCUT2D eigenvalue weighted by molar-refractivity contribution is 0.0730. The highest BCUT2D eigenvalue weighted by molar-refractivity contribution is 7.89. The second-order valence-corrected chi connectivity index (χ2v) is 7.32. The Morgan fingerprint density at radius 2 is 2.13 bits per heavy atom. The summed E-state index contributed by atoms with van der Waals surface area (Å²) in [6.45, 7) is 4.12. The number of rotatable bonds is 5. The highest BCUT2D eigenvalue weighted by Crippen LogP contribution is 2.23. The molecule has 8 heteroatoms. The average molecular weight is 336 g/mol. The van der Waals surface area contributed by atoms with Crippen LogP contribution in [-0.4, -0.2) is 49.0 Å². The third kappa shape index (κ3) is 3.54. The van der Waals surface area contributed by atoms with Crippen molar-refractivity contribution in [3.05, 3.63) is 42.0 Å². The zero-order chi connectivity index (χ0) is 16.3. The van der Waals surface area contributed by atoms with Gasteiger partial charge in [0.25, 0.3) is 0 Å². The lowest BCUT2D eigenvalue weighted by Crippen LogP contribution is -2.40. The SMILES string of the molecule is Cc1ccc(S(=O)(=O)N2CCOCC2)cc1NCc1ncc[nH]1. The van der Waals surface area contributed by atoms with Crippen molar-refractivity contribution >= 4 is 15.7 Å². The zero-order valence-corrected chi connectivity index (χ0v) is 13.8. The maximum Gasteiger partial charge on any atom is 0.243 e. The van der Waals surface area contributed by atoms with E-state index >= 15 is 0 Å². The van der Waals surface area contributed by atoms with Gasteiger partial charge in [0.15, 0.2) is 0 Å². The molecule has 0 radical (unpaired) electrons. The van der Waals surface area contributed by atoms with Gasteiger partial charge in [-0.25, -0.2) is 13.4 Å². The van der Waals surface area contributed by atoms with Crippen LogP contribution >= 0.6 is 0 Å². The Morgan fingerprint density at radius 3 is 2.83 bits per heavy atom. The van der Waals surface area contributed by atoms with E-state index in [1.165, 1.54) is 4.31 Å². The molecule has 23 heavy (non-hydrogen) atoms. The number of hydrogen-bond donors (Lipinski definition) is 2. The number of benzene rings is 1. The first kappa shape index (κ1) is 16.0. The summed E-state index contributed by atoms with van der Waals surface area (Å²) >= 11 is 0. The molecule has 124 valence electrons. The summed E-state index contributed by atoms with van der Waals surface area (Å²) in [4.78, 5) is 7.45. The molecule has 2 aromatic rings. The molecule has 1 aromatic heterocycles. The monoisotopic (exact) mass is 336 g/mol. The Labute approximate surface area is 135 Å². The van der Waals surface area contributed by atoms with Gasteiger partial charge < -0.3 is 15.0 Å². The number of sulfonamides is 1. The van der Waals surface area contributed by atoms with E-state index < -0.39 is 10.0 Å². The first-order chi connectivity index (χ1) is 11.1. The number of nitrogens with zero attached hydrogens (tertiary/aromatic N) is 2. The van der Waals surface area contributed by atoms with Crippen molar-refractivity contribution in [2.24, 2.45) is 0 Å². The highest BCUT2D eigenvalue weighted by atomic mass is 32.2. The third-order valence-electron chi connectivity index (χ3n) is 3.82. The number of aromatic amines is 1. The number of aromatic nitrogens is 2. The molecular weight excluding hydrogens is 316 g/mol. The highest BCUT2D eigenvalue weighted by Gasteiger charge is 2.26. The van der Waals surface area contributed by atoms with Crippen LogP contribution in [0.25, 0.3) is 0 Å². The summed E-state index contributed by atoms with van der Waals surface area (Å²) in [5, 5.41) is 3.23. The molecule has 1 fully saturated rings. The Bertz CT molecular complexity index is 753. The lowest BCUT2D eigenvalue weighted by Gasteiger charge is -2.26. The van der Waals surface area contributed by atoms with E-state index in [-0.39, 0.29) is 0 Å². The molecular formula is C15H20N4O3S. The Balaban J connectivity index is 1.81. The molecule has 1 aliphatic rings. The quantitative estimate of drug-likeness (QED) is 0.861. The number of imidazole rings is 1. The number of aryl methyl sites for hydroxylation is 1. The Kier molecular flexibility index (Phi) is 4.65. The smallest absolute Gasteiger partial charge is 0.243 e. The fourth-order valence-electron chi connectivity index (χ4n) is 2.46. The zero-order valence-electron chi connectivity index (χ0n) is 12.9. The minimum atomic E-state index is -3.48. The number of hydrogen-bond acceptors (Lipinski definition) is 5. The average Bonchev–Trinajstić information content (AvgIpc) is 3.08. The summed E-state index contributed by atoms with van der Waals surface area (Å²) in [5.41, 5.74) is 1.77. The van der Waals surface area contributed by atoms with Gasteiger partial charge in [0.1, 0.15) is 5.82 Å². The standard InChI is InChI=1S/C15H20N4O3S/c1-12-2-3-13(23(20,21)19-6-8-22-9-7-19)10-14(12)18-11-15-16-4-5-17-15/h2-5,10,18H,6-9,11H2,1H3,(H,16,17). The van der Waals surface area contributed by atoms with Crippen LogP contribution in [0.2, 0.25) is 0 Å². The first-order valence-corrected chi connectivity index (χ1v) is 8.92. The van der Waals surface area contributed by atoms with Gasteiger partial charge in [-0.1, -0.05) is 6.07 Å². The molecule has 2 heterocycles. The molecule has 2 N–H and O–H groups in total. The van der Waals surface area contributed by atoms with Crippen molar-refractivity contribution in [2.75, 3.05) is 31.6 Å². The van der Waals surface area contributed by atoms with Gasteiger partial charge in [-0.3, -0.25) is 0 Å². The molecule has 0 atom stereocenters. The van der Waals surface area contributed by atoms with Gasteiger partial charge >= 0.3 is 0 Å². The fraction of sp³-hybridized carbons (Fsp3) is 0.400. The maximum atomic E-state index is 12.7. The Hall–Kier alpha value is -1.90. The van der Waals surface area contributed by atoms with E-state index in [0.717, 1.165) is 17.1 Å². The summed E-state index contributed by atoms with van der Waals surface area (Å²) in [5.74, 6) is 0.797. The van der Waals surface area contributed by atoms with E-state index in [1.807, 2.05) is 13.0 Å². The fourth-order valence-corrected chi connectivity index (χ4v) is 3.90. The molecule has 0 bridgehead atoms. The second kappa shape index (κ2) is 6.69. The molecule has 0 aliphatic carbocycles. The predicted octanol–water partition coefficient (Wildman–Crippen LogP) is 1.35. The van der Waals surface area contributed by atoms with Crippen molar-refractivity contribution in [1.82, 2.24) is 14.3 Å². The minimum absolute atomic E-state index is 0.298. The second-order valence-electron chi connectivity index (χ2n) is 5.38. The maximum absolute atomic E-state index is 12.7. The van der Waals surface area contributed by atoms with Crippen molar-refractivity contribution in [3.8, 4) is 0 Å². The number of morpholine rings is 1. The van der Waals surface area contributed by atoms with E-state index in [9.17, 15) is 8.42 Å². The van der Waals surface area contributed by atoms with Crippen molar-refractivity contribution in [3.63, 3.8) is 0 Å². The van der Waals surface area contributed by atoms with Gasteiger partial charge in [-0.15, -0.1) is 0 Å². The van der Waals surface area contributed by atoms with Crippen LogP contribution in [0.3, 0.4) is 0 Å². The first-order valence-electron chi connectivity index (χ1n) is 7.48. The van der Waals surface area contributed by atoms with Crippen LogP contribution in [0.5, 0.6) is 0 Å². The number of ether oxygens (including phenoxy) is 1. The molecule has 0 saturated carbocycles. The van der Waals surface area contributed by atoms with E-state index in [0.29, 0.717) is 37.7 Å². The van der Waals surface area contributed by atoms with Crippen molar-refractivity contribution < 1.29 is 13.2 Å². The van der Waals surface area contributed by atoms with E-state index in [1.54, 1.807) is 24.5 Å². The van der Waals surface area contributed by atoms with Crippen LogP contribution < -0.4 is 5.32 Å².